The number of hydrogen-bond donors (Lipinski definition) is 2. The first-order chi connectivity index (χ1) is 12.6. The third-order valence-electron chi connectivity index (χ3n) is 4.19. The topological polar surface area (TPSA) is 81.8 Å². The largest absolute Gasteiger partial charge is 0.494 e. The van der Waals surface area contributed by atoms with E-state index in [1.54, 1.807) is 20.1 Å². The number of rotatable bonds is 7. The van der Waals surface area contributed by atoms with Crippen molar-refractivity contribution < 1.29 is 19.4 Å². The van der Waals surface area contributed by atoms with Crippen LogP contribution in [0.1, 0.15) is 37.8 Å². The minimum atomic E-state index is -0.822. The fourth-order valence-electron chi connectivity index (χ4n) is 2.76. The van der Waals surface area contributed by atoms with Crippen molar-refractivity contribution in [3.63, 3.8) is 0 Å². The van der Waals surface area contributed by atoms with E-state index in [-0.39, 0.29) is 18.3 Å². The van der Waals surface area contributed by atoms with Crippen molar-refractivity contribution in [2.24, 2.45) is 5.92 Å². The number of aliphatic carboxylic acids is 1. The molecule has 0 saturated carbocycles. The molecule has 0 aliphatic rings. The van der Waals surface area contributed by atoms with Gasteiger partial charge in [-0.25, -0.2) is 0 Å². The van der Waals surface area contributed by atoms with E-state index in [0.29, 0.717) is 29.4 Å². The zero-order chi connectivity index (χ0) is 20.3. The van der Waals surface area contributed by atoms with Crippen LogP contribution in [0, 0.1) is 5.92 Å². The molecule has 28 heavy (non-hydrogen) atoms. The molecule has 0 bridgehead atoms. The van der Waals surface area contributed by atoms with Crippen LogP contribution in [-0.2, 0) is 11.2 Å². The number of ether oxygens (including phenoxy) is 2. The summed E-state index contributed by atoms with van der Waals surface area (Å²) in [4.78, 5) is 11.1. The second-order valence-electron chi connectivity index (χ2n) is 6.72. The summed E-state index contributed by atoms with van der Waals surface area (Å²) < 4.78 is 12.9. The number of nitrogens with two attached hydrogens (primary N) is 1. The average molecular weight is 538 g/mol. The maximum Gasteiger partial charge on any atom is 0.306 e. The smallest absolute Gasteiger partial charge is 0.306 e. The highest BCUT2D eigenvalue weighted by Crippen LogP contribution is 2.42. The molecule has 0 heterocycles. The number of anilines is 1. The summed E-state index contributed by atoms with van der Waals surface area (Å²) in [7, 11) is 1.60. The number of carbonyl (C=O) groups is 1. The van der Waals surface area contributed by atoms with Crippen LogP contribution in [0.4, 0.5) is 5.69 Å². The fraction of sp³-hybridized carbons (Fsp3) is 0.350. The molecule has 0 amide bonds. The van der Waals surface area contributed by atoms with Gasteiger partial charge >= 0.3 is 5.97 Å². The van der Waals surface area contributed by atoms with Crippen LogP contribution in [0.15, 0.2) is 33.2 Å². The van der Waals surface area contributed by atoms with Gasteiger partial charge in [0.1, 0.15) is 11.5 Å². The Morgan fingerprint density at radius 3 is 2.14 bits per heavy atom. The normalized spacial score (nSPS) is 11.7. The summed E-state index contributed by atoms with van der Waals surface area (Å²) in [6, 6.07) is 7.38. The molecule has 5 nitrogen and oxygen atoms in total. The van der Waals surface area contributed by atoms with E-state index in [1.165, 1.54) is 0 Å². The Kier molecular flexibility index (Phi) is 9.11. The van der Waals surface area contributed by atoms with Gasteiger partial charge in [-0.05, 0) is 68.0 Å². The molecular weight excluding hydrogens is 513 g/mol. The molecule has 1 unspecified atom stereocenters. The van der Waals surface area contributed by atoms with Gasteiger partial charge in [0.15, 0.2) is 5.75 Å². The number of hydrogen-bond acceptors (Lipinski definition) is 4. The molecule has 0 aromatic heterocycles. The van der Waals surface area contributed by atoms with Crippen molar-refractivity contribution >= 4 is 55.9 Å². The first-order valence-electron chi connectivity index (χ1n) is 8.50. The number of benzene rings is 2. The summed E-state index contributed by atoms with van der Waals surface area (Å²) in [6.45, 7) is 5.80. The molecule has 0 spiro atoms. The fourth-order valence-corrected chi connectivity index (χ4v) is 4.20. The monoisotopic (exact) mass is 535 g/mol. The Hall–Kier alpha value is -1.44. The van der Waals surface area contributed by atoms with E-state index >= 15 is 0 Å². The lowest BCUT2D eigenvalue weighted by atomic mass is 10.0. The number of halogens is 3. The highest BCUT2D eigenvalue weighted by atomic mass is 79.9. The summed E-state index contributed by atoms with van der Waals surface area (Å²) in [5, 5.41) is 9.10. The van der Waals surface area contributed by atoms with E-state index in [4.69, 9.17) is 20.3 Å². The molecule has 1 atom stereocenters. The quantitative estimate of drug-likeness (QED) is 0.399. The number of carboxylic acids is 1. The lowest BCUT2D eigenvalue weighted by Gasteiger charge is -2.18. The van der Waals surface area contributed by atoms with Gasteiger partial charge in [-0.15, -0.1) is 12.4 Å². The van der Waals surface area contributed by atoms with Gasteiger partial charge in [0.05, 0.1) is 27.7 Å². The van der Waals surface area contributed by atoms with Gasteiger partial charge in [0, 0.05) is 11.6 Å². The Morgan fingerprint density at radius 1 is 1.11 bits per heavy atom. The predicted octanol–water partition coefficient (Wildman–Crippen LogP) is 6.40. The number of methoxy groups -OCH3 is 1. The maximum absolute atomic E-state index is 11.1. The van der Waals surface area contributed by atoms with Crippen molar-refractivity contribution in [2.45, 2.75) is 33.1 Å². The Bertz CT molecular complexity index is 835. The Balaban J connectivity index is 0.00000392. The highest BCUT2D eigenvalue weighted by Gasteiger charge is 2.18. The van der Waals surface area contributed by atoms with Crippen LogP contribution >= 0.6 is 44.3 Å². The molecule has 2 aromatic carbocycles. The first kappa shape index (κ1) is 24.6. The molecule has 3 N–H and O–H groups in total. The second-order valence-corrected chi connectivity index (χ2v) is 8.43. The van der Waals surface area contributed by atoms with Crippen LogP contribution < -0.4 is 15.2 Å². The molecule has 2 aromatic rings. The number of carboxylic acid groups (broad SMARTS) is 1. The number of nitrogen functional groups attached to an aromatic ring is 1. The van der Waals surface area contributed by atoms with Crippen molar-refractivity contribution in [2.75, 3.05) is 12.8 Å². The van der Waals surface area contributed by atoms with E-state index in [1.807, 2.05) is 18.2 Å². The van der Waals surface area contributed by atoms with Crippen molar-refractivity contribution in [3.05, 3.63) is 44.3 Å². The summed E-state index contributed by atoms with van der Waals surface area (Å²) in [5.41, 5.74) is 8.50. The zero-order valence-electron chi connectivity index (χ0n) is 16.1. The zero-order valence-corrected chi connectivity index (χ0v) is 20.1. The lowest BCUT2D eigenvalue weighted by molar-refractivity contribution is -0.141. The van der Waals surface area contributed by atoms with Crippen LogP contribution in [0.5, 0.6) is 17.2 Å². The van der Waals surface area contributed by atoms with Gasteiger partial charge in [0.2, 0.25) is 0 Å². The predicted molar refractivity (Wildman–Crippen MR) is 121 cm³/mol. The summed E-state index contributed by atoms with van der Waals surface area (Å²) >= 11 is 7.04. The van der Waals surface area contributed by atoms with Crippen molar-refractivity contribution in [3.8, 4) is 17.2 Å². The standard InChI is InChI=1S/C20H23Br2NO4.ClH/c1-10(2)14-8-13(9-17(23)18(14)26-4)27-19-15(21)6-12(7-16(19)22)5-11(3)20(24)25;/h6-11H,5,23H2,1-4H3,(H,24,25);1H. The molecule has 2 rings (SSSR count). The summed E-state index contributed by atoms with van der Waals surface area (Å²) in [5.74, 6) is 0.792. The minimum Gasteiger partial charge on any atom is -0.494 e. The van der Waals surface area contributed by atoms with E-state index in [2.05, 4.69) is 45.7 Å². The van der Waals surface area contributed by atoms with Gasteiger partial charge < -0.3 is 20.3 Å². The highest BCUT2D eigenvalue weighted by molar-refractivity contribution is 9.11. The third-order valence-corrected chi connectivity index (χ3v) is 5.37. The second kappa shape index (κ2) is 10.4. The molecule has 154 valence electrons. The molecule has 0 aliphatic heterocycles. The van der Waals surface area contributed by atoms with Crippen LogP contribution in [0.2, 0.25) is 0 Å². The lowest BCUT2D eigenvalue weighted by Crippen LogP contribution is -2.12. The van der Waals surface area contributed by atoms with E-state index in [9.17, 15) is 4.79 Å². The maximum atomic E-state index is 11.1. The average Bonchev–Trinajstić information content (AvgIpc) is 2.57. The first-order valence-corrected chi connectivity index (χ1v) is 10.1. The van der Waals surface area contributed by atoms with E-state index in [0.717, 1.165) is 20.1 Å². The van der Waals surface area contributed by atoms with Gasteiger partial charge in [0.25, 0.3) is 0 Å². The van der Waals surface area contributed by atoms with Crippen molar-refractivity contribution in [1.82, 2.24) is 0 Å². The van der Waals surface area contributed by atoms with Crippen LogP contribution in [0.25, 0.3) is 0 Å². The minimum absolute atomic E-state index is 0. The third kappa shape index (κ3) is 5.78. The van der Waals surface area contributed by atoms with Gasteiger partial charge in [-0.2, -0.15) is 0 Å². The summed E-state index contributed by atoms with van der Waals surface area (Å²) in [6.07, 6.45) is 0.430. The van der Waals surface area contributed by atoms with E-state index < -0.39 is 11.9 Å². The SMILES string of the molecule is COc1c(N)cc(Oc2c(Br)cc(CC(C)C(=O)O)cc2Br)cc1C(C)C.Cl. The molecule has 0 fully saturated rings. The van der Waals surface area contributed by atoms with Gasteiger partial charge in [-0.3, -0.25) is 4.79 Å². The molecule has 0 aliphatic carbocycles. The molecule has 8 heteroatoms. The molecule has 0 radical (unpaired) electrons. The Morgan fingerprint density at radius 2 is 1.68 bits per heavy atom. The van der Waals surface area contributed by atoms with Gasteiger partial charge in [-0.1, -0.05) is 20.8 Å². The Labute approximate surface area is 188 Å². The van der Waals surface area contributed by atoms with Crippen LogP contribution in [0.3, 0.4) is 0 Å². The molecule has 0 saturated heterocycles. The van der Waals surface area contributed by atoms with Crippen LogP contribution in [-0.4, -0.2) is 18.2 Å². The van der Waals surface area contributed by atoms with Crippen molar-refractivity contribution in [1.29, 1.82) is 0 Å². The molecular formula is C20H24Br2ClNO4.